The van der Waals surface area contributed by atoms with Crippen LogP contribution < -0.4 is 5.59 Å². The van der Waals surface area contributed by atoms with Gasteiger partial charge in [-0.2, -0.15) is 0 Å². The third-order valence-corrected chi connectivity index (χ3v) is 3.88. The molecule has 0 fully saturated rings. The van der Waals surface area contributed by atoms with Crippen molar-refractivity contribution in [3.8, 4) is 11.1 Å². The van der Waals surface area contributed by atoms with Crippen molar-refractivity contribution in [1.82, 2.24) is 4.57 Å². The molecule has 26 heavy (non-hydrogen) atoms. The average molecular weight is 355 g/mol. The van der Waals surface area contributed by atoms with Crippen molar-refractivity contribution in [2.45, 2.75) is 26.4 Å². The van der Waals surface area contributed by atoms with Gasteiger partial charge in [0.2, 0.25) is 0 Å². The number of carbonyl (C=O) groups is 1. The highest BCUT2D eigenvalue weighted by Gasteiger charge is 2.28. The van der Waals surface area contributed by atoms with Gasteiger partial charge in [-0.1, -0.05) is 30.3 Å². The molecule has 0 atom stereocenters. The molecule has 7 heteroatoms. The van der Waals surface area contributed by atoms with Crippen LogP contribution >= 0.6 is 0 Å². The zero-order valence-electron chi connectivity index (χ0n) is 14.7. The Morgan fingerprint density at radius 3 is 2.35 bits per heavy atom. The second kappa shape index (κ2) is 6.59. The smallest absolute Gasteiger partial charge is 0.443 e. The van der Waals surface area contributed by atoms with Crippen LogP contribution in [0.25, 0.3) is 22.0 Å². The molecule has 0 aliphatic heterocycles. The first-order valence-electron chi connectivity index (χ1n) is 8.18. The van der Waals surface area contributed by atoms with E-state index in [1.54, 1.807) is 57.2 Å². The SMILES string of the molecule is CC(C)(C)OC(=O)n1c(B(O)O)cc2c(-c3ccccc3F)cccc21. The summed E-state index contributed by atoms with van der Waals surface area (Å²) in [5.41, 5.74) is 0.512. The summed E-state index contributed by atoms with van der Waals surface area (Å²) >= 11 is 0. The first-order valence-corrected chi connectivity index (χ1v) is 8.18. The lowest BCUT2D eigenvalue weighted by molar-refractivity contribution is 0.0547. The van der Waals surface area contributed by atoms with E-state index in [0.717, 1.165) is 4.57 Å². The van der Waals surface area contributed by atoms with Crippen LogP contribution in [0.1, 0.15) is 20.8 Å². The molecular formula is C19H19BFNO4. The molecule has 0 radical (unpaired) electrons. The Labute approximate surface area is 150 Å². The minimum atomic E-state index is -1.89. The number of rotatable bonds is 2. The van der Waals surface area contributed by atoms with Crippen LogP contribution in [0, 0.1) is 5.82 Å². The van der Waals surface area contributed by atoms with E-state index in [4.69, 9.17) is 4.74 Å². The Morgan fingerprint density at radius 2 is 1.73 bits per heavy atom. The van der Waals surface area contributed by atoms with Crippen molar-refractivity contribution in [3.05, 3.63) is 54.3 Å². The van der Waals surface area contributed by atoms with Gasteiger partial charge in [0.05, 0.1) is 11.1 Å². The number of benzene rings is 2. The number of halogens is 1. The summed E-state index contributed by atoms with van der Waals surface area (Å²) in [6.45, 7) is 5.16. The molecule has 5 nitrogen and oxygen atoms in total. The Bertz CT molecular complexity index is 975. The fourth-order valence-corrected chi connectivity index (χ4v) is 2.87. The van der Waals surface area contributed by atoms with Gasteiger partial charge in [-0.25, -0.2) is 9.18 Å². The maximum Gasteiger partial charge on any atom is 0.506 e. The molecule has 0 spiro atoms. The molecule has 1 aromatic heterocycles. The van der Waals surface area contributed by atoms with E-state index in [2.05, 4.69) is 0 Å². The molecule has 0 aliphatic rings. The summed E-state index contributed by atoms with van der Waals surface area (Å²) in [7, 11) is -1.89. The van der Waals surface area contributed by atoms with E-state index in [1.807, 2.05) is 0 Å². The number of ether oxygens (including phenoxy) is 1. The maximum atomic E-state index is 14.3. The second-order valence-corrected chi connectivity index (χ2v) is 6.98. The zero-order chi connectivity index (χ0) is 19.1. The van der Waals surface area contributed by atoms with Gasteiger partial charge in [-0.05, 0) is 44.5 Å². The average Bonchev–Trinajstić information content (AvgIpc) is 2.93. The van der Waals surface area contributed by atoms with Crippen molar-refractivity contribution in [2.75, 3.05) is 0 Å². The van der Waals surface area contributed by atoms with Crippen LogP contribution in [0.2, 0.25) is 0 Å². The molecule has 3 rings (SSSR count). The normalized spacial score (nSPS) is 11.6. The van der Waals surface area contributed by atoms with Gasteiger partial charge in [0.1, 0.15) is 11.4 Å². The molecule has 0 bridgehead atoms. The summed E-state index contributed by atoms with van der Waals surface area (Å²) < 4.78 is 20.7. The summed E-state index contributed by atoms with van der Waals surface area (Å²) in [6.07, 6.45) is -0.735. The van der Waals surface area contributed by atoms with Crippen molar-refractivity contribution < 1.29 is 24.0 Å². The lowest BCUT2D eigenvalue weighted by atomic mass is 9.86. The Hall–Kier alpha value is -2.64. The van der Waals surface area contributed by atoms with E-state index in [-0.39, 0.29) is 5.59 Å². The van der Waals surface area contributed by atoms with Gasteiger partial charge in [0.25, 0.3) is 0 Å². The molecule has 0 aliphatic carbocycles. The van der Waals surface area contributed by atoms with E-state index in [9.17, 15) is 19.2 Å². The van der Waals surface area contributed by atoms with Crippen molar-refractivity contribution >= 4 is 29.7 Å². The topological polar surface area (TPSA) is 71.7 Å². The highest BCUT2D eigenvalue weighted by molar-refractivity contribution is 6.59. The molecule has 2 N–H and O–H groups in total. The van der Waals surface area contributed by atoms with Crippen LogP contribution in [-0.2, 0) is 4.74 Å². The minimum Gasteiger partial charge on any atom is -0.443 e. The third-order valence-electron chi connectivity index (χ3n) is 3.88. The summed E-state index contributed by atoms with van der Waals surface area (Å²) in [4.78, 5) is 12.6. The monoisotopic (exact) mass is 355 g/mol. The third kappa shape index (κ3) is 3.36. The Kier molecular flexibility index (Phi) is 4.60. The van der Waals surface area contributed by atoms with Crippen LogP contribution in [0.4, 0.5) is 9.18 Å². The number of hydrogen-bond acceptors (Lipinski definition) is 4. The van der Waals surface area contributed by atoms with E-state index >= 15 is 0 Å². The lowest BCUT2D eigenvalue weighted by Gasteiger charge is -2.21. The molecule has 0 saturated carbocycles. The first kappa shape index (κ1) is 18.2. The fourth-order valence-electron chi connectivity index (χ4n) is 2.87. The molecule has 3 aromatic rings. The predicted molar refractivity (Wildman–Crippen MR) is 98.8 cm³/mol. The van der Waals surface area contributed by atoms with Gasteiger partial charge >= 0.3 is 13.2 Å². The standard InChI is InChI=1S/C19H19BFNO4/c1-19(2,3)26-18(23)22-16-10-6-8-12(13-7-4-5-9-15(13)21)14(16)11-17(22)20(24)25/h4-11,24-25H,1-3H3. The van der Waals surface area contributed by atoms with Gasteiger partial charge < -0.3 is 14.8 Å². The molecule has 2 aromatic carbocycles. The number of carbonyl (C=O) groups excluding carboxylic acids is 1. The fraction of sp³-hybridized carbons (Fsp3) is 0.211. The van der Waals surface area contributed by atoms with Gasteiger partial charge in [0, 0.05) is 10.9 Å². The van der Waals surface area contributed by atoms with Gasteiger partial charge in [0.15, 0.2) is 0 Å². The molecular weight excluding hydrogens is 336 g/mol. The Morgan fingerprint density at radius 1 is 1.08 bits per heavy atom. The highest BCUT2D eigenvalue weighted by atomic mass is 19.1. The van der Waals surface area contributed by atoms with Crippen LogP contribution in [0.15, 0.2) is 48.5 Å². The first-order chi connectivity index (χ1) is 12.2. The molecule has 1 heterocycles. The van der Waals surface area contributed by atoms with Gasteiger partial charge in [-0.15, -0.1) is 0 Å². The Balaban J connectivity index is 2.26. The quantitative estimate of drug-likeness (QED) is 0.694. The number of fused-ring (bicyclic) bond motifs is 1. The molecule has 0 saturated heterocycles. The molecule has 0 unspecified atom stereocenters. The largest absolute Gasteiger partial charge is 0.506 e. The van der Waals surface area contributed by atoms with Crippen molar-refractivity contribution in [1.29, 1.82) is 0 Å². The highest BCUT2D eigenvalue weighted by Crippen LogP contribution is 2.31. The number of hydrogen-bond donors (Lipinski definition) is 2. The van der Waals surface area contributed by atoms with Crippen molar-refractivity contribution in [3.63, 3.8) is 0 Å². The molecule has 0 amide bonds. The second-order valence-electron chi connectivity index (χ2n) is 6.98. The van der Waals surface area contributed by atoms with Gasteiger partial charge in [-0.3, -0.25) is 4.57 Å². The summed E-state index contributed by atoms with van der Waals surface area (Å²) in [6, 6.07) is 12.8. The van der Waals surface area contributed by atoms with E-state index in [1.165, 1.54) is 12.1 Å². The number of nitrogens with zero attached hydrogens (tertiary/aromatic N) is 1. The summed E-state index contributed by atoms with van der Waals surface area (Å²) in [5.74, 6) is -0.406. The lowest BCUT2D eigenvalue weighted by Crippen LogP contribution is -2.40. The molecule has 134 valence electrons. The van der Waals surface area contributed by atoms with Crippen LogP contribution in [0.5, 0.6) is 0 Å². The van der Waals surface area contributed by atoms with Crippen LogP contribution in [0.3, 0.4) is 0 Å². The maximum absolute atomic E-state index is 14.3. The predicted octanol–water partition coefficient (Wildman–Crippen LogP) is 2.91. The van der Waals surface area contributed by atoms with Crippen LogP contribution in [-0.4, -0.2) is 33.4 Å². The zero-order valence-corrected chi connectivity index (χ0v) is 14.7. The van der Waals surface area contributed by atoms with Crippen molar-refractivity contribution in [2.24, 2.45) is 0 Å². The number of aromatic nitrogens is 1. The minimum absolute atomic E-state index is 0.0435. The van der Waals surface area contributed by atoms with E-state index < -0.39 is 24.6 Å². The summed E-state index contributed by atoms with van der Waals surface area (Å²) in [5, 5.41) is 20.0. The van der Waals surface area contributed by atoms with E-state index in [0.29, 0.717) is 22.0 Å².